The van der Waals surface area contributed by atoms with Crippen molar-refractivity contribution in [3.05, 3.63) is 37.4 Å². The van der Waals surface area contributed by atoms with Crippen molar-refractivity contribution in [1.82, 2.24) is 5.32 Å². The molecule has 0 saturated heterocycles. The van der Waals surface area contributed by atoms with Crippen LogP contribution < -0.4 is 10.6 Å². The molecule has 0 heterocycles. The van der Waals surface area contributed by atoms with Gasteiger partial charge in [-0.3, -0.25) is 0 Å². The summed E-state index contributed by atoms with van der Waals surface area (Å²) in [5.74, 6) is 0. The van der Waals surface area contributed by atoms with E-state index in [1.54, 1.807) is 0 Å². The molecule has 0 atom stereocenters. The molecule has 0 bridgehead atoms. The molecule has 0 aliphatic rings. The summed E-state index contributed by atoms with van der Waals surface area (Å²) >= 11 is 0. The lowest BCUT2D eigenvalue weighted by Gasteiger charge is -2.04. The molecule has 0 spiro atoms. The van der Waals surface area contributed by atoms with Crippen molar-refractivity contribution in [2.45, 2.75) is 6.42 Å². The third-order valence-corrected chi connectivity index (χ3v) is 1.63. The molecule has 1 aromatic rings. The van der Waals surface area contributed by atoms with Crippen LogP contribution in [0.3, 0.4) is 0 Å². The van der Waals surface area contributed by atoms with Gasteiger partial charge in [0.1, 0.15) is 0 Å². The van der Waals surface area contributed by atoms with Crippen LogP contribution in [0.25, 0.3) is 0 Å². The maximum atomic E-state index is 3.55. The highest BCUT2D eigenvalue weighted by molar-refractivity contribution is 5.42. The van der Waals surface area contributed by atoms with Crippen molar-refractivity contribution < 1.29 is 0 Å². The van der Waals surface area contributed by atoms with Crippen molar-refractivity contribution in [2.75, 3.05) is 18.4 Å². The van der Waals surface area contributed by atoms with Crippen LogP contribution in [-0.2, 0) is 0 Å². The number of anilines is 1. The predicted octanol–water partition coefficient (Wildman–Crippen LogP) is 1.87. The molecule has 12 heavy (non-hydrogen) atoms. The van der Waals surface area contributed by atoms with E-state index in [2.05, 4.69) is 29.8 Å². The number of hydrogen-bond donors (Lipinski definition) is 2. The van der Waals surface area contributed by atoms with E-state index in [9.17, 15) is 0 Å². The Balaban J connectivity index is 2.16. The Morgan fingerprint density at radius 2 is 1.83 bits per heavy atom. The van der Waals surface area contributed by atoms with Crippen LogP contribution in [0.15, 0.2) is 30.3 Å². The number of nitrogens with one attached hydrogen (secondary N) is 2. The van der Waals surface area contributed by atoms with Gasteiger partial charge < -0.3 is 10.6 Å². The highest BCUT2D eigenvalue weighted by Crippen LogP contribution is 2.03. The molecule has 0 amide bonds. The summed E-state index contributed by atoms with van der Waals surface area (Å²) in [5, 5.41) is 6.18. The normalized spacial score (nSPS) is 9.75. The van der Waals surface area contributed by atoms with E-state index in [4.69, 9.17) is 0 Å². The van der Waals surface area contributed by atoms with E-state index in [1.165, 1.54) is 5.69 Å². The Morgan fingerprint density at radius 3 is 2.50 bits per heavy atom. The molecule has 0 aliphatic heterocycles. The molecule has 2 nitrogen and oxygen atoms in total. The van der Waals surface area contributed by atoms with Gasteiger partial charge in [-0.1, -0.05) is 18.2 Å². The van der Waals surface area contributed by atoms with Gasteiger partial charge in [0.2, 0.25) is 0 Å². The van der Waals surface area contributed by atoms with Gasteiger partial charge in [-0.15, -0.1) is 0 Å². The van der Waals surface area contributed by atoms with Crippen LogP contribution in [0.1, 0.15) is 6.42 Å². The average molecular weight is 163 g/mol. The maximum absolute atomic E-state index is 3.55. The van der Waals surface area contributed by atoms with Crippen molar-refractivity contribution >= 4 is 5.69 Å². The van der Waals surface area contributed by atoms with Crippen molar-refractivity contribution in [3.63, 3.8) is 0 Å². The first-order chi connectivity index (χ1) is 5.93. The Bertz CT molecular complexity index is 196. The summed E-state index contributed by atoms with van der Waals surface area (Å²) in [6, 6.07) is 10.2. The Hall–Kier alpha value is -1.02. The average Bonchev–Trinajstić information content (AvgIpc) is 2.14. The van der Waals surface area contributed by atoms with Crippen LogP contribution in [0.4, 0.5) is 5.69 Å². The Morgan fingerprint density at radius 1 is 1.08 bits per heavy atom. The lowest BCUT2D eigenvalue weighted by Crippen LogP contribution is -2.10. The third kappa shape index (κ3) is 3.39. The van der Waals surface area contributed by atoms with Crippen molar-refractivity contribution in [3.8, 4) is 0 Å². The molecule has 0 fully saturated rings. The Kier molecular flexibility index (Phi) is 4.24. The molecule has 65 valence electrons. The molecule has 0 unspecified atom stereocenters. The monoisotopic (exact) mass is 163 g/mol. The number of hydrogen-bond acceptors (Lipinski definition) is 2. The Labute approximate surface area is 74.0 Å². The van der Waals surface area contributed by atoms with Crippen LogP contribution in [-0.4, -0.2) is 13.1 Å². The van der Waals surface area contributed by atoms with E-state index in [0.29, 0.717) is 0 Å². The van der Waals surface area contributed by atoms with E-state index in [1.807, 2.05) is 18.2 Å². The molecular formula is C10H15N2. The van der Waals surface area contributed by atoms with Gasteiger partial charge >= 0.3 is 0 Å². The molecule has 0 saturated carbocycles. The highest BCUT2D eigenvalue weighted by Gasteiger charge is 1.87. The molecule has 1 radical (unpaired) electrons. The topological polar surface area (TPSA) is 24.1 Å². The summed E-state index contributed by atoms with van der Waals surface area (Å²) in [5.41, 5.74) is 1.18. The predicted molar refractivity (Wildman–Crippen MR) is 52.9 cm³/mol. The molecule has 0 aromatic heterocycles. The van der Waals surface area contributed by atoms with Gasteiger partial charge in [-0.25, -0.2) is 0 Å². The molecule has 2 N–H and O–H groups in total. The summed E-state index contributed by atoms with van der Waals surface area (Å²) in [6.45, 7) is 1.95. The quantitative estimate of drug-likeness (QED) is 0.647. The fraction of sp³-hybridized carbons (Fsp3) is 0.300. The fourth-order valence-corrected chi connectivity index (χ4v) is 1.00. The van der Waals surface area contributed by atoms with Crippen molar-refractivity contribution in [1.29, 1.82) is 0 Å². The second kappa shape index (κ2) is 5.61. The summed E-state index contributed by atoms with van der Waals surface area (Å²) in [7, 11) is 3.55. The molecule has 1 aromatic carbocycles. The van der Waals surface area contributed by atoms with E-state index in [-0.39, 0.29) is 0 Å². The van der Waals surface area contributed by atoms with Crippen LogP contribution in [0.5, 0.6) is 0 Å². The van der Waals surface area contributed by atoms with E-state index in [0.717, 1.165) is 19.5 Å². The zero-order valence-corrected chi connectivity index (χ0v) is 7.22. The zero-order chi connectivity index (χ0) is 8.65. The largest absolute Gasteiger partial charge is 0.385 e. The first kappa shape index (κ1) is 9.07. The minimum Gasteiger partial charge on any atom is -0.385 e. The van der Waals surface area contributed by atoms with E-state index >= 15 is 0 Å². The number of rotatable bonds is 5. The van der Waals surface area contributed by atoms with Gasteiger partial charge in [0.25, 0.3) is 0 Å². The number of para-hydroxylation sites is 1. The van der Waals surface area contributed by atoms with Gasteiger partial charge in [0.15, 0.2) is 0 Å². The standard InChI is InChI=1S/C10H15N2/c1-11-8-5-9-12-10-6-3-2-4-7-10/h2-4,6-7,11-12H,1,5,8-9H2. The van der Waals surface area contributed by atoms with Gasteiger partial charge in [-0.2, -0.15) is 0 Å². The molecule has 1 rings (SSSR count). The van der Waals surface area contributed by atoms with Crippen LogP contribution >= 0.6 is 0 Å². The van der Waals surface area contributed by atoms with Crippen molar-refractivity contribution in [2.24, 2.45) is 0 Å². The summed E-state index contributed by atoms with van der Waals surface area (Å²) < 4.78 is 0. The molecule has 0 aliphatic carbocycles. The van der Waals surface area contributed by atoms with Gasteiger partial charge in [-0.05, 0) is 25.1 Å². The lowest BCUT2D eigenvalue weighted by atomic mass is 10.3. The second-order valence-corrected chi connectivity index (χ2v) is 2.65. The first-order valence-electron chi connectivity index (χ1n) is 4.22. The minimum atomic E-state index is 0.958. The zero-order valence-electron chi connectivity index (χ0n) is 7.22. The minimum absolute atomic E-state index is 0.958. The fourth-order valence-electron chi connectivity index (χ4n) is 1.00. The van der Waals surface area contributed by atoms with Crippen LogP contribution in [0.2, 0.25) is 0 Å². The van der Waals surface area contributed by atoms with Crippen LogP contribution in [0, 0.1) is 7.05 Å². The highest BCUT2D eigenvalue weighted by atomic mass is 14.9. The van der Waals surface area contributed by atoms with Gasteiger partial charge in [0, 0.05) is 19.3 Å². The van der Waals surface area contributed by atoms with E-state index < -0.39 is 0 Å². The molecule has 2 heteroatoms. The summed E-state index contributed by atoms with van der Waals surface area (Å²) in [6.07, 6.45) is 1.10. The maximum Gasteiger partial charge on any atom is 0.0340 e. The SMILES string of the molecule is [CH2]NCCCNc1ccccc1. The third-order valence-electron chi connectivity index (χ3n) is 1.63. The first-order valence-corrected chi connectivity index (χ1v) is 4.22. The van der Waals surface area contributed by atoms with Gasteiger partial charge in [0.05, 0.1) is 0 Å². The number of benzene rings is 1. The molecular weight excluding hydrogens is 148 g/mol. The smallest absolute Gasteiger partial charge is 0.0340 e. The second-order valence-electron chi connectivity index (χ2n) is 2.65. The summed E-state index contributed by atoms with van der Waals surface area (Å²) in [4.78, 5) is 0. The lowest BCUT2D eigenvalue weighted by molar-refractivity contribution is 0.777.